The summed E-state index contributed by atoms with van der Waals surface area (Å²) >= 11 is 0. The molecule has 1 saturated carbocycles. The second kappa shape index (κ2) is 4.57. The van der Waals surface area contributed by atoms with Crippen molar-refractivity contribution in [3.63, 3.8) is 0 Å². The molecule has 98 valence electrons. The molecule has 1 fully saturated rings. The number of rotatable bonds is 3. The van der Waals surface area contributed by atoms with E-state index >= 15 is 0 Å². The normalized spacial score (nSPS) is 25.4. The highest BCUT2D eigenvalue weighted by Gasteiger charge is 2.27. The Bertz CT molecular complexity index is 444. The lowest BCUT2D eigenvalue weighted by Crippen LogP contribution is -2.33. The Balaban J connectivity index is 1.67. The van der Waals surface area contributed by atoms with Gasteiger partial charge in [0.25, 0.3) is 0 Å². The van der Waals surface area contributed by atoms with Gasteiger partial charge in [0.1, 0.15) is 13.2 Å². The van der Waals surface area contributed by atoms with Gasteiger partial charge in [0.15, 0.2) is 11.5 Å². The van der Waals surface area contributed by atoms with Gasteiger partial charge < -0.3 is 25.6 Å². The minimum absolute atomic E-state index is 0.116. The summed E-state index contributed by atoms with van der Waals surface area (Å²) in [6, 6.07) is 3.69. The van der Waals surface area contributed by atoms with Crippen molar-refractivity contribution in [1.29, 1.82) is 0 Å². The molecule has 0 amide bonds. The Kier molecular flexibility index (Phi) is 2.91. The van der Waals surface area contributed by atoms with Crippen LogP contribution in [0.3, 0.4) is 0 Å². The molecule has 0 spiro atoms. The third kappa shape index (κ3) is 2.18. The van der Waals surface area contributed by atoms with Gasteiger partial charge in [0.05, 0.1) is 17.5 Å². The van der Waals surface area contributed by atoms with Crippen molar-refractivity contribution in [2.75, 3.05) is 30.8 Å². The zero-order valence-electron chi connectivity index (χ0n) is 10.2. The van der Waals surface area contributed by atoms with Gasteiger partial charge >= 0.3 is 0 Å². The second-order valence-corrected chi connectivity index (χ2v) is 4.96. The average Bonchev–Trinajstić information content (AvgIpc) is 2.33. The largest absolute Gasteiger partial charge is 0.486 e. The lowest BCUT2D eigenvalue weighted by molar-refractivity contribution is 0.0487. The van der Waals surface area contributed by atoms with Crippen molar-refractivity contribution in [3.05, 3.63) is 12.1 Å². The predicted molar refractivity (Wildman–Crippen MR) is 69.1 cm³/mol. The number of anilines is 2. The molecule has 0 radical (unpaired) electrons. The summed E-state index contributed by atoms with van der Waals surface area (Å²) in [5.74, 6) is 1.99. The molecule has 1 aromatic rings. The van der Waals surface area contributed by atoms with Gasteiger partial charge in [-0.25, -0.2) is 0 Å². The summed E-state index contributed by atoms with van der Waals surface area (Å²) in [5, 5.41) is 12.6. The minimum atomic E-state index is -0.116. The van der Waals surface area contributed by atoms with Crippen molar-refractivity contribution in [2.24, 2.45) is 5.92 Å². The smallest absolute Gasteiger partial charge is 0.163 e. The Labute approximate surface area is 106 Å². The standard InChI is InChI=1S/C13H18N2O3/c14-10-5-12-13(18-2-1-17-12)6-11(10)15-7-8-3-9(16)4-8/h5-6,8-9,15-16H,1-4,7,14H2. The molecular formula is C13H18N2O3. The van der Waals surface area contributed by atoms with Crippen molar-refractivity contribution in [1.82, 2.24) is 0 Å². The number of hydrogen-bond donors (Lipinski definition) is 3. The fourth-order valence-corrected chi connectivity index (χ4v) is 2.38. The predicted octanol–water partition coefficient (Wildman–Crippen LogP) is 1.22. The number of aliphatic hydroxyl groups is 1. The van der Waals surface area contributed by atoms with Crippen molar-refractivity contribution < 1.29 is 14.6 Å². The van der Waals surface area contributed by atoms with E-state index in [1.807, 2.05) is 6.07 Å². The molecule has 0 bridgehead atoms. The van der Waals surface area contributed by atoms with E-state index in [1.54, 1.807) is 6.07 Å². The minimum Gasteiger partial charge on any atom is -0.486 e. The number of benzene rings is 1. The van der Waals surface area contributed by atoms with Crippen LogP contribution in [-0.4, -0.2) is 31.0 Å². The van der Waals surface area contributed by atoms with Crippen LogP contribution in [0.15, 0.2) is 12.1 Å². The lowest BCUT2D eigenvalue weighted by Gasteiger charge is -2.32. The molecule has 0 atom stereocenters. The van der Waals surface area contributed by atoms with E-state index in [1.165, 1.54) is 0 Å². The summed E-state index contributed by atoms with van der Waals surface area (Å²) in [7, 11) is 0. The number of nitrogens with two attached hydrogens (primary N) is 1. The quantitative estimate of drug-likeness (QED) is 0.703. The van der Waals surface area contributed by atoms with Crippen LogP contribution in [0, 0.1) is 5.92 Å². The molecule has 18 heavy (non-hydrogen) atoms. The fourth-order valence-electron chi connectivity index (χ4n) is 2.38. The van der Waals surface area contributed by atoms with Gasteiger partial charge in [0, 0.05) is 18.7 Å². The number of hydrogen-bond acceptors (Lipinski definition) is 5. The van der Waals surface area contributed by atoms with E-state index in [4.69, 9.17) is 15.2 Å². The van der Waals surface area contributed by atoms with Crippen LogP contribution in [0.5, 0.6) is 11.5 Å². The molecule has 1 heterocycles. The SMILES string of the molecule is Nc1cc2c(cc1NCC1CC(O)C1)OCCO2. The van der Waals surface area contributed by atoms with Gasteiger partial charge in [-0.15, -0.1) is 0 Å². The zero-order valence-corrected chi connectivity index (χ0v) is 10.2. The van der Waals surface area contributed by atoms with Crippen molar-refractivity contribution >= 4 is 11.4 Å². The molecule has 5 nitrogen and oxygen atoms in total. The Morgan fingerprint density at radius 1 is 1.22 bits per heavy atom. The number of nitrogens with one attached hydrogen (secondary N) is 1. The second-order valence-electron chi connectivity index (χ2n) is 4.96. The van der Waals surface area contributed by atoms with Crippen molar-refractivity contribution in [2.45, 2.75) is 18.9 Å². The van der Waals surface area contributed by atoms with Crippen LogP contribution >= 0.6 is 0 Å². The van der Waals surface area contributed by atoms with Crippen LogP contribution in [0.25, 0.3) is 0 Å². The van der Waals surface area contributed by atoms with Crippen LogP contribution in [0.4, 0.5) is 11.4 Å². The molecule has 5 heteroatoms. The first-order valence-electron chi connectivity index (χ1n) is 6.33. The summed E-state index contributed by atoms with van der Waals surface area (Å²) in [5.41, 5.74) is 7.51. The van der Waals surface area contributed by atoms with Crippen LogP contribution < -0.4 is 20.5 Å². The number of ether oxygens (including phenoxy) is 2. The molecule has 0 unspecified atom stereocenters. The average molecular weight is 250 g/mol. The number of fused-ring (bicyclic) bond motifs is 1. The third-order valence-electron chi connectivity index (χ3n) is 3.51. The molecule has 0 saturated heterocycles. The summed E-state index contributed by atoms with van der Waals surface area (Å²) in [6.07, 6.45) is 1.63. The van der Waals surface area contributed by atoms with Crippen LogP contribution in [0.2, 0.25) is 0 Å². The van der Waals surface area contributed by atoms with E-state index in [0.717, 1.165) is 30.8 Å². The molecule has 1 aliphatic heterocycles. The van der Waals surface area contributed by atoms with Gasteiger partial charge in [-0.2, -0.15) is 0 Å². The first-order chi connectivity index (χ1) is 8.72. The molecular weight excluding hydrogens is 232 g/mol. The monoisotopic (exact) mass is 250 g/mol. The Morgan fingerprint density at radius 3 is 2.56 bits per heavy atom. The molecule has 2 aliphatic rings. The molecule has 3 rings (SSSR count). The number of nitrogen functional groups attached to an aromatic ring is 1. The maximum Gasteiger partial charge on any atom is 0.163 e. The fraction of sp³-hybridized carbons (Fsp3) is 0.538. The third-order valence-corrected chi connectivity index (χ3v) is 3.51. The summed E-state index contributed by atoms with van der Waals surface area (Å²) in [4.78, 5) is 0. The first kappa shape index (κ1) is 11.5. The zero-order chi connectivity index (χ0) is 12.5. The Hall–Kier alpha value is -1.62. The molecule has 1 aliphatic carbocycles. The Morgan fingerprint density at radius 2 is 1.89 bits per heavy atom. The maximum absolute atomic E-state index is 9.24. The highest BCUT2D eigenvalue weighted by atomic mass is 16.6. The lowest BCUT2D eigenvalue weighted by atomic mass is 9.82. The van der Waals surface area contributed by atoms with Crippen molar-refractivity contribution in [3.8, 4) is 11.5 Å². The number of aliphatic hydroxyl groups excluding tert-OH is 1. The van der Waals surface area contributed by atoms with E-state index in [9.17, 15) is 5.11 Å². The molecule has 0 aromatic heterocycles. The molecule has 4 N–H and O–H groups in total. The van der Waals surface area contributed by atoms with E-state index in [0.29, 0.717) is 30.6 Å². The van der Waals surface area contributed by atoms with Crippen LogP contribution in [-0.2, 0) is 0 Å². The first-order valence-corrected chi connectivity index (χ1v) is 6.33. The van der Waals surface area contributed by atoms with E-state index in [-0.39, 0.29) is 6.10 Å². The highest BCUT2D eigenvalue weighted by molar-refractivity contribution is 5.72. The van der Waals surface area contributed by atoms with Gasteiger partial charge in [-0.3, -0.25) is 0 Å². The van der Waals surface area contributed by atoms with Gasteiger partial charge in [0.2, 0.25) is 0 Å². The topological polar surface area (TPSA) is 76.7 Å². The maximum atomic E-state index is 9.24. The van der Waals surface area contributed by atoms with E-state index in [2.05, 4.69) is 5.32 Å². The van der Waals surface area contributed by atoms with Crippen LogP contribution in [0.1, 0.15) is 12.8 Å². The summed E-state index contributed by atoms with van der Waals surface area (Å²) in [6.45, 7) is 1.98. The molecule has 1 aromatic carbocycles. The van der Waals surface area contributed by atoms with Gasteiger partial charge in [-0.05, 0) is 18.8 Å². The van der Waals surface area contributed by atoms with Gasteiger partial charge in [-0.1, -0.05) is 0 Å². The highest BCUT2D eigenvalue weighted by Crippen LogP contribution is 2.37. The van der Waals surface area contributed by atoms with E-state index < -0.39 is 0 Å². The summed E-state index contributed by atoms with van der Waals surface area (Å²) < 4.78 is 11.0.